The maximum Gasteiger partial charge on any atom is 0.271 e. The molecule has 9 heteroatoms. The van der Waals surface area contributed by atoms with Crippen molar-refractivity contribution in [3.63, 3.8) is 0 Å². The quantitative estimate of drug-likeness (QED) is 0.219. The van der Waals surface area contributed by atoms with Gasteiger partial charge in [0.25, 0.3) is 5.56 Å². The van der Waals surface area contributed by atoms with Crippen molar-refractivity contribution in [2.75, 3.05) is 7.11 Å². The smallest absolute Gasteiger partial charge is 0.271 e. The zero-order valence-electron chi connectivity index (χ0n) is 22.4. The van der Waals surface area contributed by atoms with Crippen LogP contribution in [0.25, 0.3) is 22.0 Å². The normalized spacial score (nSPS) is 16.2. The molecule has 8 rings (SSSR count). The third kappa shape index (κ3) is 4.27. The first-order valence-corrected chi connectivity index (χ1v) is 16.0. The molecule has 0 bridgehead atoms. The van der Waals surface area contributed by atoms with E-state index in [1.807, 2.05) is 59.2 Å². The van der Waals surface area contributed by atoms with Crippen molar-refractivity contribution in [1.29, 1.82) is 0 Å². The van der Waals surface area contributed by atoms with Gasteiger partial charge >= 0.3 is 0 Å². The third-order valence-corrected chi connectivity index (χ3v) is 10.6. The second kappa shape index (κ2) is 10.3. The lowest BCUT2D eigenvalue weighted by Crippen LogP contribution is -2.38. The highest BCUT2D eigenvalue weighted by Crippen LogP contribution is 2.43. The number of benzene rings is 3. The average Bonchev–Trinajstić information content (AvgIpc) is 3.73. The highest BCUT2D eigenvalue weighted by atomic mass is 32.2. The summed E-state index contributed by atoms with van der Waals surface area (Å²) in [5, 5.41) is 0.729. The zero-order chi connectivity index (χ0) is 28.2. The number of hydrogen-bond donors (Lipinski definition) is 0. The van der Waals surface area contributed by atoms with Crippen molar-refractivity contribution in [2.24, 2.45) is 4.99 Å². The summed E-state index contributed by atoms with van der Waals surface area (Å²) in [6.45, 7) is 0. The molecular weight excluding hydrogens is 583 g/mol. The first-order valence-electron chi connectivity index (χ1n) is 13.6. The molecule has 0 N–H and O–H groups in total. The summed E-state index contributed by atoms with van der Waals surface area (Å²) in [4.78, 5) is 24.6. The molecule has 2 aliphatic rings. The number of hydrogen-bond acceptors (Lipinski definition) is 8. The lowest BCUT2D eigenvalue weighted by Gasteiger charge is -2.31. The summed E-state index contributed by atoms with van der Waals surface area (Å²) in [5.74, 6) is 1.37. The van der Waals surface area contributed by atoms with Gasteiger partial charge in [0.2, 0.25) is 0 Å². The van der Waals surface area contributed by atoms with Crippen LogP contribution in [0.15, 0.2) is 114 Å². The minimum absolute atomic E-state index is 0.0863. The number of nitrogens with zero attached hydrogens (tertiary/aromatic N) is 3. The van der Waals surface area contributed by atoms with Gasteiger partial charge in [-0.2, -0.15) is 0 Å². The fraction of sp³-hybridized carbons (Fsp3) is 0.121. The summed E-state index contributed by atoms with van der Waals surface area (Å²) in [6.07, 6.45) is 3.55. The summed E-state index contributed by atoms with van der Waals surface area (Å²) in [5.41, 5.74) is 6.38. The predicted octanol–water partition coefficient (Wildman–Crippen LogP) is 6.68. The van der Waals surface area contributed by atoms with Gasteiger partial charge in [-0.3, -0.25) is 9.36 Å². The van der Waals surface area contributed by atoms with Gasteiger partial charge in [0.15, 0.2) is 14.2 Å². The van der Waals surface area contributed by atoms with Gasteiger partial charge < -0.3 is 9.15 Å². The van der Waals surface area contributed by atoms with E-state index in [2.05, 4.69) is 36.4 Å². The van der Waals surface area contributed by atoms with E-state index in [1.165, 1.54) is 28.7 Å². The Labute approximate surface area is 253 Å². The van der Waals surface area contributed by atoms with E-state index in [1.54, 1.807) is 18.4 Å². The molecule has 0 spiro atoms. The van der Waals surface area contributed by atoms with Crippen LogP contribution in [0.1, 0.15) is 34.9 Å². The summed E-state index contributed by atoms with van der Waals surface area (Å²) < 4.78 is 16.4. The predicted molar refractivity (Wildman–Crippen MR) is 168 cm³/mol. The summed E-state index contributed by atoms with van der Waals surface area (Å²) in [7, 11) is 1.68. The number of methoxy groups -OCH3 is 1. The van der Waals surface area contributed by atoms with E-state index < -0.39 is 0 Å². The molecule has 0 saturated carbocycles. The van der Waals surface area contributed by atoms with Gasteiger partial charge in [-0.05, 0) is 66.1 Å². The molecule has 1 aliphatic heterocycles. The molecule has 6 aromatic rings. The maximum absolute atomic E-state index is 14.1. The molecule has 0 saturated heterocycles. The Morgan fingerprint density at radius 1 is 0.976 bits per heavy atom. The van der Waals surface area contributed by atoms with Crippen LogP contribution in [-0.2, 0) is 6.42 Å². The SMILES string of the molecule is COc1ccccc1[C@@H]1C2=C(N=c3s/c(=C\c4ccc(Sc5nc6ccccc6s5)o4)c(=O)n31)c1ccccc1CC2. The highest BCUT2D eigenvalue weighted by Gasteiger charge is 2.34. The molecule has 1 atom stereocenters. The monoisotopic (exact) mass is 605 g/mol. The Hall–Kier alpha value is -4.18. The average molecular weight is 606 g/mol. The van der Waals surface area contributed by atoms with Crippen LogP contribution >= 0.6 is 34.4 Å². The van der Waals surface area contributed by atoms with Crippen LogP contribution in [-0.4, -0.2) is 16.7 Å². The van der Waals surface area contributed by atoms with Gasteiger partial charge in [0.05, 0.1) is 33.6 Å². The van der Waals surface area contributed by atoms with Gasteiger partial charge in [-0.15, -0.1) is 11.3 Å². The van der Waals surface area contributed by atoms with Gasteiger partial charge in [0.1, 0.15) is 11.5 Å². The Morgan fingerprint density at radius 3 is 2.71 bits per heavy atom. The Kier molecular flexibility index (Phi) is 6.24. The Balaban J connectivity index is 1.24. The molecule has 1 aliphatic carbocycles. The fourth-order valence-electron chi connectivity index (χ4n) is 5.77. The number of para-hydroxylation sites is 2. The fourth-order valence-corrected chi connectivity index (χ4v) is 8.72. The van der Waals surface area contributed by atoms with E-state index >= 15 is 0 Å². The molecule has 0 amide bonds. The first-order chi connectivity index (χ1) is 20.7. The number of rotatable bonds is 5. The van der Waals surface area contributed by atoms with E-state index in [-0.39, 0.29) is 11.6 Å². The number of furan rings is 1. The lowest BCUT2D eigenvalue weighted by atomic mass is 9.83. The van der Waals surface area contributed by atoms with Crippen molar-refractivity contribution in [1.82, 2.24) is 9.55 Å². The second-order valence-electron chi connectivity index (χ2n) is 10.1. The van der Waals surface area contributed by atoms with Crippen molar-refractivity contribution in [3.8, 4) is 5.75 Å². The van der Waals surface area contributed by atoms with Gasteiger partial charge in [0, 0.05) is 17.2 Å². The van der Waals surface area contributed by atoms with Gasteiger partial charge in [-0.25, -0.2) is 9.98 Å². The van der Waals surface area contributed by atoms with Gasteiger partial charge in [-0.1, -0.05) is 65.9 Å². The molecule has 0 radical (unpaired) electrons. The minimum Gasteiger partial charge on any atom is -0.496 e. The third-order valence-electron chi connectivity index (χ3n) is 7.64. The molecule has 206 valence electrons. The second-order valence-corrected chi connectivity index (χ2v) is 13.4. The molecule has 0 unspecified atom stereocenters. The van der Waals surface area contributed by atoms with Crippen LogP contribution in [0.2, 0.25) is 0 Å². The van der Waals surface area contributed by atoms with Crippen molar-refractivity contribution in [3.05, 3.63) is 133 Å². The van der Waals surface area contributed by atoms with E-state index in [0.717, 1.165) is 60.6 Å². The number of ether oxygens (including phenoxy) is 1. The first kappa shape index (κ1) is 25.5. The molecule has 4 heterocycles. The molecule has 42 heavy (non-hydrogen) atoms. The minimum atomic E-state index is -0.301. The summed E-state index contributed by atoms with van der Waals surface area (Å²) in [6, 6.07) is 28.0. The Morgan fingerprint density at radius 2 is 1.81 bits per heavy atom. The van der Waals surface area contributed by atoms with Crippen molar-refractivity contribution >= 4 is 56.4 Å². The van der Waals surface area contributed by atoms with Crippen LogP contribution in [0.5, 0.6) is 5.75 Å². The van der Waals surface area contributed by atoms with Crippen molar-refractivity contribution < 1.29 is 9.15 Å². The van der Waals surface area contributed by atoms with E-state index in [0.29, 0.717) is 15.1 Å². The van der Waals surface area contributed by atoms with Crippen molar-refractivity contribution in [2.45, 2.75) is 28.3 Å². The zero-order valence-corrected chi connectivity index (χ0v) is 24.9. The Bertz CT molecular complexity index is 2190. The van der Waals surface area contributed by atoms with Crippen LogP contribution in [0.4, 0.5) is 0 Å². The highest BCUT2D eigenvalue weighted by molar-refractivity contribution is 8.01. The number of aryl methyl sites for hydroxylation is 1. The molecular formula is C33H23N3O3S3. The lowest BCUT2D eigenvalue weighted by molar-refractivity contribution is 0.402. The van der Waals surface area contributed by atoms with Crippen LogP contribution in [0, 0.1) is 0 Å². The van der Waals surface area contributed by atoms with Crippen LogP contribution < -0.4 is 19.6 Å². The largest absolute Gasteiger partial charge is 0.496 e. The van der Waals surface area contributed by atoms with Crippen LogP contribution in [0.3, 0.4) is 0 Å². The molecule has 0 fully saturated rings. The number of allylic oxidation sites excluding steroid dienone is 1. The van der Waals surface area contributed by atoms with E-state index in [9.17, 15) is 4.79 Å². The molecule has 3 aromatic carbocycles. The van der Waals surface area contributed by atoms with E-state index in [4.69, 9.17) is 19.1 Å². The maximum atomic E-state index is 14.1. The standard InChI is InChI=1S/C33H23N3O3S3/c1-38-25-12-6-4-10-22(25)30-23-16-14-19-8-2-3-9-21(19)29(23)35-32-36(30)31(37)27(40-32)18-20-15-17-28(39-20)42-33-34-24-11-5-7-13-26(24)41-33/h2-13,15,17-18,30H,14,16H2,1H3/b27-18-/t30-/m1/s1. The number of fused-ring (bicyclic) bond motifs is 4. The topological polar surface area (TPSA) is 69.6 Å². The molecule has 6 nitrogen and oxygen atoms in total. The number of aromatic nitrogens is 2. The molecule has 3 aromatic heterocycles. The number of thiazole rings is 2. The summed E-state index contributed by atoms with van der Waals surface area (Å²) >= 11 is 4.51.